The van der Waals surface area contributed by atoms with E-state index in [1.165, 1.54) is 21.6 Å². The zero-order valence-electron chi connectivity index (χ0n) is 22.7. The highest BCUT2D eigenvalue weighted by Gasteiger charge is 2.30. The fourth-order valence-corrected chi connectivity index (χ4v) is 4.62. The van der Waals surface area contributed by atoms with Crippen LogP contribution in [0.3, 0.4) is 0 Å². The van der Waals surface area contributed by atoms with Crippen LogP contribution in [0.2, 0.25) is 0 Å². The number of aromatic nitrogens is 3. The summed E-state index contributed by atoms with van der Waals surface area (Å²) in [6, 6.07) is 14.2. The Balaban J connectivity index is 1.43. The van der Waals surface area contributed by atoms with Crippen molar-refractivity contribution in [2.24, 2.45) is 7.05 Å². The van der Waals surface area contributed by atoms with E-state index in [0.717, 1.165) is 18.0 Å². The van der Waals surface area contributed by atoms with Gasteiger partial charge in [-0.1, -0.05) is 12.6 Å². The second-order valence-electron chi connectivity index (χ2n) is 9.66. The Hall–Kier alpha value is -4.90. The topological polar surface area (TPSA) is 116 Å². The summed E-state index contributed by atoms with van der Waals surface area (Å²) in [5.41, 5.74) is 2.25. The number of likely N-dealkylation sites (N-methyl/N-ethyl adjacent to an activating group) is 1. The lowest BCUT2D eigenvalue weighted by Crippen LogP contribution is -2.43. The first-order chi connectivity index (χ1) is 19.3. The Bertz CT molecular complexity index is 1630. The van der Waals surface area contributed by atoms with Gasteiger partial charge in [-0.25, -0.2) is 4.98 Å². The summed E-state index contributed by atoms with van der Waals surface area (Å²) < 4.78 is 7.22. The predicted molar refractivity (Wildman–Crippen MR) is 156 cm³/mol. The molecule has 2 N–H and O–H groups in total. The number of phenols is 1. The van der Waals surface area contributed by atoms with Crippen LogP contribution >= 0.6 is 0 Å². The van der Waals surface area contributed by atoms with Gasteiger partial charge in [0.25, 0.3) is 11.5 Å². The molecule has 1 aliphatic heterocycles. The Morgan fingerprint density at radius 2 is 1.95 bits per heavy atom. The van der Waals surface area contributed by atoms with Gasteiger partial charge in [0, 0.05) is 44.0 Å². The molecule has 0 spiro atoms. The number of amides is 1. The molecule has 3 heterocycles. The number of rotatable bonds is 8. The molecule has 0 unspecified atom stereocenters. The summed E-state index contributed by atoms with van der Waals surface area (Å²) >= 11 is 0. The lowest BCUT2D eigenvalue weighted by atomic mass is 10.1. The van der Waals surface area contributed by atoms with Gasteiger partial charge < -0.3 is 29.9 Å². The molecular formula is C29H31N7O4. The molecule has 2 aromatic heterocycles. The second kappa shape index (κ2) is 11.1. The molecule has 1 aliphatic rings. The number of nitrogens with zero attached hydrogens (tertiary/aromatic N) is 6. The van der Waals surface area contributed by atoms with Crippen molar-refractivity contribution in [3.8, 4) is 11.5 Å². The number of fused-ring (bicyclic) bond motifs is 2. The molecule has 2 aromatic carbocycles. The van der Waals surface area contributed by atoms with E-state index in [9.17, 15) is 14.7 Å². The number of benzene rings is 2. The molecule has 0 bridgehead atoms. The summed E-state index contributed by atoms with van der Waals surface area (Å²) in [5, 5.41) is 14.4. The summed E-state index contributed by atoms with van der Waals surface area (Å²) in [5.74, 6) is 0.741. The van der Waals surface area contributed by atoms with Crippen LogP contribution in [0.4, 0.5) is 28.7 Å². The first-order valence-corrected chi connectivity index (χ1v) is 12.8. The van der Waals surface area contributed by atoms with Crippen LogP contribution in [0.15, 0.2) is 72.2 Å². The first-order valence-electron chi connectivity index (χ1n) is 12.8. The van der Waals surface area contributed by atoms with Crippen molar-refractivity contribution in [1.82, 2.24) is 19.4 Å². The predicted octanol–water partition coefficient (Wildman–Crippen LogP) is 3.39. The summed E-state index contributed by atoms with van der Waals surface area (Å²) in [4.78, 5) is 40.4. The number of hydrogen-bond donors (Lipinski definition) is 2. The van der Waals surface area contributed by atoms with Crippen molar-refractivity contribution in [3.05, 3.63) is 77.7 Å². The number of aromatic hydroxyl groups is 1. The Labute approximate surface area is 231 Å². The zero-order valence-corrected chi connectivity index (χ0v) is 22.7. The standard InChI is InChI=1S/C29H31N7O4/c1-5-25(38)36-14-13-35(22-7-6-8-24(37)26(22)36)23-17-19-18-30-29(32-27(19)34(4)28(23)39)31-20-9-11-21(12-10-20)40-16-15-33(2)3/h5-12,17-18,37H,1,13-16H2,2-4H3,(H,30,31,32). The third kappa shape index (κ3) is 5.19. The smallest absolute Gasteiger partial charge is 0.275 e. The molecule has 1 amide bonds. The maximum Gasteiger partial charge on any atom is 0.275 e. The average molecular weight is 542 g/mol. The van der Waals surface area contributed by atoms with Gasteiger partial charge in [-0.2, -0.15) is 4.98 Å². The van der Waals surface area contributed by atoms with Gasteiger partial charge in [0.2, 0.25) is 5.95 Å². The molecule has 0 atom stereocenters. The third-order valence-electron chi connectivity index (χ3n) is 6.68. The van der Waals surface area contributed by atoms with Crippen molar-refractivity contribution >= 4 is 45.6 Å². The zero-order chi connectivity index (χ0) is 28.4. The maximum atomic E-state index is 13.5. The lowest BCUT2D eigenvalue weighted by molar-refractivity contribution is -0.114. The van der Waals surface area contributed by atoms with E-state index >= 15 is 0 Å². The van der Waals surface area contributed by atoms with Gasteiger partial charge >= 0.3 is 0 Å². The summed E-state index contributed by atoms with van der Waals surface area (Å²) in [6.45, 7) is 5.61. The molecule has 206 valence electrons. The number of anilines is 5. The minimum atomic E-state index is -0.325. The number of carbonyl (C=O) groups excluding carboxylic acids is 1. The van der Waals surface area contributed by atoms with Crippen LogP contribution in [-0.4, -0.2) is 70.8 Å². The molecule has 0 saturated carbocycles. The molecule has 11 nitrogen and oxygen atoms in total. The minimum Gasteiger partial charge on any atom is -0.506 e. The monoisotopic (exact) mass is 541 g/mol. The van der Waals surface area contributed by atoms with E-state index in [0.29, 0.717) is 47.2 Å². The van der Waals surface area contributed by atoms with Gasteiger partial charge in [0.05, 0.1) is 5.69 Å². The van der Waals surface area contributed by atoms with Crippen molar-refractivity contribution in [1.29, 1.82) is 0 Å². The highest BCUT2D eigenvalue weighted by atomic mass is 16.5. The maximum absolute atomic E-state index is 13.5. The Morgan fingerprint density at radius 3 is 2.67 bits per heavy atom. The molecule has 11 heteroatoms. The minimum absolute atomic E-state index is 0.0535. The SMILES string of the molecule is C=CC(=O)N1CCN(c2cc3cnc(Nc4ccc(OCCN(C)C)cc4)nc3n(C)c2=O)c2cccc(O)c21. The fraction of sp³-hybridized carbons (Fsp3) is 0.241. The highest BCUT2D eigenvalue weighted by Crippen LogP contribution is 2.43. The molecule has 0 aliphatic carbocycles. The number of ether oxygens (including phenoxy) is 1. The van der Waals surface area contributed by atoms with Crippen molar-refractivity contribution in [2.75, 3.05) is 55.5 Å². The molecule has 0 saturated heterocycles. The van der Waals surface area contributed by atoms with Crippen LogP contribution in [0.5, 0.6) is 11.5 Å². The highest BCUT2D eigenvalue weighted by molar-refractivity contribution is 6.06. The largest absolute Gasteiger partial charge is 0.506 e. The first kappa shape index (κ1) is 26.7. The molecule has 40 heavy (non-hydrogen) atoms. The van der Waals surface area contributed by atoms with Gasteiger partial charge in [0.15, 0.2) is 0 Å². The quantitative estimate of drug-likeness (QED) is 0.324. The molecule has 0 radical (unpaired) electrons. The fourth-order valence-electron chi connectivity index (χ4n) is 4.62. The van der Waals surface area contributed by atoms with E-state index in [1.807, 2.05) is 38.4 Å². The van der Waals surface area contributed by atoms with Gasteiger partial charge in [-0.15, -0.1) is 0 Å². The van der Waals surface area contributed by atoms with E-state index in [-0.39, 0.29) is 23.8 Å². The van der Waals surface area contributed by atoms with Crippen LogP contribution in [0.1, 0.15) is 0 Å². The molecule has 5 rings (SSSR count). The van der Waals surface area contributed by atoms with E-state index < -0.39 is 0 Å². The molecular weight excluding hydrogens is 510 g/mol. The van der Waals surface area contributed by atoms with Crippen LogP contribution in [0, 0.1) is 0 Å². The Morgan fingerprint density at radius 1 is 1.18 bits per heavy atom. The van der Waals surface area contributed by atoms with Crippen LogP contribution in [-0.2, 0) is 11.8 Å². The molecule has 4 aromatic rings. The summed E-state index contributed by atoms with van der Waals surface area (Å²) in [7, 11) is 5.65. The van der Waals surface area contributed by atoms with E-state index in [1.54, 1.807) is 36.3 Å². The second-order valence-corrected chi connectivity index (χ2v) is 9.66. The number of phenolic OH excluding ortho intramolecular Hbond substituents is 1. The number of nitrogens with one attached hydrogen (secondary N) is 1. The molecule has 0 fully saturated rings. The van der Waals surface area contributed by atoms with E-state index in [2.05, 4.69) is 26.8 Å². The number of carbonyl (C=O) groups is 1. The summed E-state index contributed by atoms with van der Waals surface area (Å²) in [6.07, 6.45) is 2.87. The Kier molecular flexibility index (Phi) is 7.39. The van der Waals surface area contributed by atoms with Crippen LogP contribution in [0.25, 0.3) is 11.0 Å². The normalized spacial score (nSPS) is 12.9. The van der Waals surface area contributed by atoms with Gasteiger partial charge in [0.1, 0.15) is 35.1 Å². The van der Waals surface area contributed by atoms with Crippen LogP contribution < -0.4 is 25.4 Å². The van der Waals surface area contributed by atoms with E-state index in [4.69, 9.17) is 4.74 Å². The number of para-hydroxylation sites is 1. The third-order valence-corrected chi connectivity index (χ3v) is 6.68. The average Bonchev–Trinajstić information content (AvgIpc) is 2.95. The van der Waals surface area contributed by atoms with Gasteiger partial charge in [-0.05, 0) is 62.6 Å². The number of aryl methyl sites for hydroxylation is 1. The number of hydrogen-bond acceptors (Lipinski definition) is 9. The van der Waals surface area contributed by atoms with Crippen molar-refractivity contribution in [2.45, 2.75) is 0 Å². The lowest BCUT2D eigenvalue weighted by Gasteiger charge is -2.37. The van der Waals surface area contributed by atoms with Crippen molar-refractivity contribution < 1.29 is 14.6 Å². The van der Waals surface area contributed by atoms with Gasteiger partial charge in [-0.3, -0.25) is 14.2 Å². The number of pyridine rings is 1. The van der Waals surface area contributed by atoms with Crippen molar-refractivity contribution in [3.63, 3.8) is 0 Å².